The van der Waals surface area contributed by atoms with Crippen LogP contribution in [0.4, 0.5) is 0 Å². The van der Waals surface area contributed by atoms with Gasteiger partial charge in [0.2, 0.25) is 0 Å². The van der Waals surface area contributed by atoms with Crippen molar-refractivity contribution >= 4 is 10.8 Å². The van der Waals surface area contributed by atoms with Gasteiger partial charge in [0.25, 0.3) is 0 Å². The summed E-state index contributed by atoms with van der Waals surface area (Å²) in [5, 5.41) is 0. The minimum absolute atomic E-state index is 0.322. The molecule has 2 aromatic carbocycles. The van der Waals surface area contributed by atoms with E-state index in [1.807, 2.05) is 60.7 Å². The van der Waals surface area contributed by atoms with E-state index in [0.29, 0.717) is 11.5 Å². The van der Waals surface area contributed by atoms with Gasteiger partial charge in [0.05, 0.1) is 17.4 Å². The second-order valence-corrected chi connectivity index (χ2v) is 8.26. The molecule has 7 heteroatoms. The Labute approximate surface area is 167 Å². The summed E-state index contributed by atoms with van der Waals surface area (Å²) in [4.78, 5) is 0.683. The summed E-state index contributed by atoms with van der Waals surface area (Å²) >= 11 is 0. The molecule has 2 heterocycles. The van der Waals surface area contributed by atoms with E-state index < -0.39 is 46.9 Å². The Morgan fingerprint density at radius 2 is 1.54 bits per heavy atom. The molecule has 2 aromatic rings. The van der Waals surface area contributed by atoms with Crippen molar-refractivity contribution in [1.29, 1.82) is 0 Å². The Kier molecular flexibility index (Phi) is 6.20. The molecule has 4 rings (SSSR count). The number of hydrogen-bond donors (Lipinski definition) is 0. The third-order valence-corrected chi connectivity index (χ3v) is 6.62. The molecular weight excluding hydrogens is 380 g/mol. The zero-order chi connectivity index (χ0) is 19.5. The highest BCUT2D eigenvalue weighted by Crippen LogP contribution is 2.37. The van der Waals surface area contributed by atoms with Gasteiger partial charge in [-0.15, -0.1) is 0 Å². The normalized spacial score (nSPS) is 33.8. The van der Waals surface area contributed by atoms with Gasteiger partial charge < -0.3 is 23.7 Å². The molecule has 0 aromatic heterocycles. The van der Waals surface area contributed by atoms with Crippen LogP contribution in [0, 0.1) is 0 Å². The lowest BCUT2D eigenvalue weighted by atomic mass is 9.98. The van der Waals surface area contributed by atoms with Gasteiger partial charge >= 0.3 is 0 Å². The lowest BCUT2D eigenvalue weighted by Gasteiger charge is -2.48. The van der Waals surface area contributed by atoms with Crippen molar-refractivity contribution in [3.63, 3.8) is 0 Å². The molecule has 0 N–H and O–H groups in total. The lowest BCUT2D eigenvalue weighted by molar-refractivity contribution is -0.323. The zero-order valence-corrected chi connectivity index (χ0v) is 16.6. The van der Waals surface area contributed by atoms with E-state index in [2.05, 4.69) is 0 Å². The van der Waals surface area contributed by atoms with Gasteiger partial charge in [-0.1, -0.05) is 48.5 Å². The average Bonchev–Trinajstić information content (AvgIpc) is 2.78. The third-order valence-electron chi connectivity index (χ3n) is 5.09. The van der Waals surface area contributed by atoms with Gasteiger partial charge in [-0.25, -0.2) is 0 Å². The molecule has 28 heavy (non-hydrogen) atoms. The molecule has 150 valence electrons. The molecule has 0 amide bonds. The molecule has 2 unspecified atom stereocenters. The van der Waals surface area contributed by atoms with Crippen molar-refractivity contribution in [2.75, 3.05) is 20.8 Å². The fourth-order valence-electron chi connectivity index (χ4n) is 3.70. The highest BCUT2D eigenvalue weighted by Gasteiger charge is 2.52. The number of hydrogen-bond acceptors (Lipinski definition) is 6. The van der Waals surface area contributed by atoms with E-state index in [4.69, 9.17) is 23.7 Å². The first-order valence-corrected chi connectivity index (χ1v) is 10.4. The average molecular weight is 404 g/mol. The second-order valence-electron chi connectivity index (χ2n) is 6.73. The predicted molar refractivity (Wildman–Crippen MR) is 103 cm³/mol. The van der Waals surface area contributed by atoms with Crippen molar-refractivity contribution < 1.29 is 27.9 Å². The van der Waals surface area contributed by atoms with Crippen LogP contribution >= 0.6 is 0 Å². The highest BCUT2D eigenvalue weighted by molar-refractivity contribution is 7.85. The molecule has 6 nitrogen and oxygen atoms in total. The first kappa shape index (κ1) is 19.7. The van der Waals surface area contributed by atoms with E-state index in [0.717, 1.165) is 5.56 Å². The van der Waals surface area contributed by atoms with Crippen molar-refractivity contribution in [2.45, 2.75) is 41.0 Å². The van der Waals surface area contributed by atoms with E-state index in [-0.39, 0.29) is 0 Å². The standard InChI is InChI=1S/C21H24O6S/c1-23-18-17-16(13-25-20(27-17)14-9-5-3-6-10-14)26-21(19(18)24-2)28(22)15-11-7-4-8-12-15/h3-12,16-21H,13H2,1-2H3/t16-,17-,18+,19+,20?,21-,28?/m1/s1. The van der Waals surface area contributed by atoms with E-state index in [1.165, 1.54) is 0 Å². The molecule has 2 fully saturated rings. The number of ether oxygens (including phenoxy) is 5. The summed E-state index contributed by atoms with van der Waals surface area (Å²) in [6.07, 6.45) is -2.26. The highest BCUT2D eigenvalue weighted by atomic mass is 32.2. The maximum Gasteiger partial charge on any atom is 0.184 e. The SMILES string of the molecule is CO[C@H]1[C@@H]2OC(c3ccccc3)OC[C@H]2O[C@H](S(=O)c2ccccc2)[C@H]1OC. The van der Waals surface area contributed by atoms with Crippen molar-refractivity contribution in [3.8, 4) is 0 Å². The Morgan fingerprint density at radius 3 is 2.18 bits per heavy atom. The van der Waals surface area contributed by atoms with Crippen LogP contribution in [0.3, 0.4) is 0 Å². The van der Waals surface area contributed by atoms with Gasteiger partial charge in [0.15, 0.2) is 11.7 Å². The Balaban J connectivity index is 1.57. The second kappa shape index (κ2) is 8.82. The van der Waals surface area contributed by atoms with E-state index in [1.54, 1.807) is 14.2 Å². The topological polar surface area (TPSA) is 63.2 Å². The molecule has 2 saturated heterocycles. The fraction of sp³-hybridized carbons (Fsp3) is 0.429. The van der Waals surface area contributed by atoms with Gasteiger partial charge in [-0.3, -0.25) is 4.21 Å². The number of methoxy groups -OCH3 is 2. The Hall–Kier alpha value is -1.61. The molecule has 2 aliphatic heterocycles. The molecule has 0 bridgehead atoms. The van der Waals surface area contributed by atoms with Crippen molar-refractivity contribution in [1.82, 2.24) is 0 Å². The van der Waals surface area contributed by atoms with Crippen LogP contribution in [-0.2, 0) is 34.5 Å². The summed E-state index contributed by atoms with van der Waals surface area (Å²) in [5.74, 6) is 0. The lowest BCUT2D eigenvalue weighted by Crippen LogP contribution is -2.63. The van der Waals surface area contributed by atoms with Crippen LogP contribution in [0.5, 0.6) is 0 Å². The van der Waals surface area contributed by atoms with Gasteiger partial charge in [0, 0.05) is 24.7 Å². The number of rotatable bonds is 5. The van der Waals surface area contributed by atoms with Crippen LogP contribution < -0.4 is 0 Å². The smallest absolute Gasteiger partial charge is 0.184 e. The molecule has 7 atom stereocenters. The van der Waals surface area contributed by atoms with Crippen molar-refractivity contribution in [2.24, 2.45) is 0 Å². The predicted octanol–water partition coefficient (Wildman–Crippen LogP) is 2.66. The Morgan fingerprint density at radius 1 is 0.893 bits per heavy atom. The maximum atomic E-state index is 13.2. The minimum Gasteiger partial charge on any atom is -0.376 e. The molecule has 2 aliphatic rings. The fourth-order valence-corrected chi connectivity index (χ4v) is 5.15. The third kappa shape index (κ3) is 3.78. The molecule has 0 spiro atoms. The maximum absolute atomic E-state index is 13.2. The zero-order valence-electron chi connectivity index (χ0n) is 15.8. The summed E-state index contributed by atoms with van der Waals surface area (Å²) in [7, 11) is 1.76. The summed E-state index contributed by atoms with van der Waals surface area (Å²) in [5.41, 5.74) is 0.249. The van der Waals surface area contributed by atoms with Crippen LogP contribution in [0.15, 0.2) is 65.6 Å². The van der Waals surface area contributed by atoms with E-state index >= 15 is 0 Å². The van der Waals surface area contributed by atoms with Crippen molar-refractivity contribution in [3.05, 3.63) is 66.2 Å². The minimum atomic E-state index is -1.42. The van der Waals surface area contributed by atoms with Crippen LogP contribution in [0.25, 0.3) is 0 Å². The van der Waals surface area contributed by atoms with Gasteiger partial charge in [-0.05, 0) is 12.1 Å². The number of fused-ring (bicyclic) bond motifs is 1. The van der Waals surface area contributed by atoms with Crippen LogP contribution in [0.2, 0.25) is 0 Å². The molecule has 0 radical (unpaired) electrons. The van der Waals surface area contributed by atoms with Gasteiger partial charge in [-0.2, -0.15) is 0 Å². The molecular formula is C21H24O6S. The van der Waals surface area contributed by atoms with E-state index in [9.17, 15) is 4.21 Å². The summed E-state index contributed by atoms with van der Waals surface area (Å²) in [6.45, 7) is 0.322. The number of benzene rings is 2. The molecule has 0 aliphatic carbocycles. The van der Waals surface area contributed by atoms with Crippen LogP contribution in [0.1, 0.15) is 11.9 Å². The van der Waals surface area contributed by atoms with Gasteiger partial charge in [0.1, 0.15) is 24.4 Å². The molecule has 0 saturated carbocycles. The first-order chi connectivity index (χ1) is 13.7. The van der Waals surface area contributed by atoms with Crippen LogP contribution in [-0.4, -0.2) is 54.9 Å². The quantitative estimate of drug-likeness (QED) is 0.764. The Bertz CT molecular complexity index is 786. The first-order valence-electron chi connectivity index (χ1n) is 9.21. The summed E-state index contributed by atoms with van der Waals surface area (Å²) < 4.78 is 42.8. The summed E-state index contributed by atoms with van der Waals surface area (Å²) in [6, 6.07) is 19.0. The monoisotopic (exact) mass is 404 g/mol. The largest absolute Gasteiger partial charge is 0.376 e.